The van der Waals surface area contributed by atoms with Gasteiger partial charge in [-0.1, -0.05) is 72.8 Å². The lowest BCUT2D eigenvalue weighted by molar-refractivity contribution is -0.139. The number of rotatable bonds is 10. The second-order valence-electron chi connectivity index (χ2n) is 8.82. The number of likely N-dealkylation sites (N-methyl/N-ethyl adjacent to an activating group) is 1. The van der Waals surface area contributed by atoms with Crippen LogP contribution in [0.15, 0.2) is 78.9 Å². The molecule has 0 aliphatic heterocycles. The number of benzene rings is 3. The van der Waals surface area contributed by atoms with Gasteiger partial charge >= 0.3 is 0 Å². The van der Waals surface area contributed by atoms with E-state index >= 15 is 0 Å². The van der Waals surface area contributed by atoms with Crippen LogP contribution in [0.5, 0.6) is 0 Å². The molecule has 0 aromatic heterocycles. The molecular weight excluding hydrogens is 474 g/mol. The van der Waals surface area contributed by atoms with E-state index in [2.05, 4.69) is 5.32 Å². The highest BCUT2D eigenvalue weighted by molar-refractivity contribution is 7.92. The van der Waals surface area contributed by atoms with Crippen molar-refractivity contribution in [3.8, 4) is 0 Å². The average Bonchev–Trinajstić information content (AvgIpc) is 2.85. The molecule has 2 amide bonds. The molecule has 3 rings (SSSR count). The van der Waals surface area contributed by atoms with E-state index in [4.69, 9.17) is 0 Å². The summed E-state index contributed by atoms with van der Waals surface area (Å²) in [6.07, 6.45) is 1.37. The number of hydrogen-bond donors (Lipinski definition) is 1. The van der Waals surface area contributed by atoms with E-state index in [1.165, 1.54) is 11.9 Å². The van der Waals surface area contributed by atoms with E-state index in [-0.39, 0.29) is 12.5 Å². The van der Waals surface area contributed by atoms with Crippen molar-refractivity contribution in [3.63, 3.8) is 0 Å². The standard InChI is InChI=1S/C28H33N3O4S/c1-21-12-8-10-16-24(21)19-30(26(28(33)29-3)18-23-14-6-5-7-15-23)27(32)20-31(36(4,34)35)25-17-11-9-13-22(25)2/h5-17,26H,18-20H2,1-4H3,(H,29,33)/t26-/m1/s1. The summed E-state index contributed by atoms with van der Waals surface area (Å²) >= 11 is 0. The zero-order chi connectivity index (χ0) is 26.3. The van der Waals surface area contributed by atoms with Crippen LogP contribution in [-0.4, -0.2) is 51.0 Å². The Labute approximate surface area is 213 Å². The van der Waals surface area contributed by atoms with E-state index < -0.39 is 28.5 Å². The number of para-hydroxylation sites is 1. The van der Waals surface area contributed by atoms with Crippen molar-refractivity contribution < 1.29 is 18.0 Å². The van der Waals surface area contributed by atoms with Gasteiger partial charge in [-0.3, -0.25) is 13.9 Å². The third-order valence-electron chi connectivity index (χ3n) is 6.18. The van der Waals surface area contributed by atoms with Gasteiger partial charge in [0.1, 0.15) is 12.6 Å². The second-order valence-corrected chi connectivity index (χ2v) is 10.7. The van der Waals surface area contributed by atoms with Gasteiger partial charge in [0.15, 0.2) is 0 Å². The lowest BCUT2D eigenvalue weighted by atomic mass is 10.0. The van der Waals surface area contributed by atoms with Crippen molar-refractivity contribution in [2.24, 2.45) is 0 Å². The topological polar surface area (TPSA) is 86.8 Å². The molecule has 0 radical (unpaired) electrons. The molecule has 0 spiro atoms. The van der Waals surface area contributed by atoms with Gasteiger partial charge in [0.25, 0.3) is 0 Å². The Hall–Kier alpha value is -3.65. The molecular formula is C28H33N3O4S. The molecule has 0 saturated heterocycles. The van der Waals surface area contributed by atoms with Crippen molar-refractivity contribution in [2.45, 2.75) is 32.9 Å². The first kappa shape index (κ1) is 26.9. The minimum absolute atomic E-state index is 0.168. The predicted octanol–water partition coefficient (Wildman–Crippen LogP) is 3.46. The normalized spacial score (nSPS) is 12.0. The van der Waals surface area contributed by atoms with Crippen molar-refractivity contribution in [2.75, 3.05) is 24.2 Å². The van der Waals surface area contributed by atoms with Crippen LogP contribution >= 0.6 is 0 Å². The molecule has 0 unspecified atom stereocenters. The minimum atomic E-state index is -3.78. The van der Waals surface area contributed by atoms with E-state index in [1.807, 2.05) is 67.6 Å². The van der Waals surface area contributed by atoms with Gasteiger partial charge < -0.3 is 10.2 Å². The molecule has 0 aliphatic rings. The Morgan fingerprint density at radius 2 is 1.44 bits per heavy atom. The zero-order valence-electron chi connectivity index (χ0n) is 21.1. The third-order valence-corrected chi connectivity index (χ3v) is 7.31. The Morgan fingerprint density at radius 3 is 2.03 bits per heavy atom. The largest absolute Gasteiger partial charge is 0.357 e. The Kier molecular flexibility index (Phi) is 8.88. The minimum Gasteiger partial charge on any atom is -0.357 e. The molecule has 3 aromatic rings. The van der Waals surface area contributed by atoms with Crippen molar-refractivity contribution in [1.29, 1.82) is 0 Å². The first-order valence-electron chi connectivity index (χ1n) is 11.7. The van der Waals surface area contributed by atoms with Gasteiger partial charge in [0.2, 0.25) is 21.8 Å². The number of hydrogen-bond acceptors (Lipinski definition) is 4. The quantitative estimate of drug-likeness (QED) is 0.455. The van der Waals surface area contributed by atoms with Crippen LogP contribution in [0.1, 0.15) is 22.3 Å². The smallest absolute Gasteiger partial charge is 0.244 e. The number of anilines is 1. The molecule has 3 aromatic carbocycles. The number of amides is 2. The fourth-order valence-corrected chi connectivity index (χ4v) is 5.04. The fraction of sp³-hybridized carbons (Fsp3) is 0.286. The zero-order valence-corrected chi connectivity index (χ0v) is 22.0. The summed E-state index contributed by atoms with van der Waals surface area (Å²) in [6.45, 7) is 3.49. The summed E-state index contributed by atoms with van der Waals surface area (Å²) in [7, 11) is -2.24. The summed E-state index contributed by atoms with van der Waals surface area (Å²) < 4.78 is 26.7. The van der Waals surface area contributed by atoms with E-state index in [1.54, 1.807) is 25.1 Å². The van der Waals surface area contributed by atoms with E-state index in [0.29, 0.717) is 12.1 Å². The van der Waals surface area contributed by atoms with Crippen LogP contribution in [0.4, 0.5) is 5.69 Å². The summed E-state index contributed by atoms with van der Waals surface area (Å²) in [5, 5.41) is 2.68. The molecule has 190 valence electrons. The van der Waals surface area contributed by atoms with E-state index in [0.717, 1.165) is 32.8 Å². The highest BCUT2D eigenvalue weighted by atomic mass is 32.2. The monoisotopic (exact) mass is 507 g/mol. The van der Waals surface area contributed by atoms with Crippen LogP contribution in [0.3, 0.4) is 0 Å². The van der Waals surface area contributed by atoms with Crippen molar-refractivity contribution >= 4 is 27.5 Å². The molecule has 1 atom stereocenters. The fourth-order valence-electron chi connectivity index (χ4n) is 4.13. The maximum atomic E-state index is 13.9. The molecule has 0 heterocycles. The maximum absolute atomic E-state index is 13.9. The van der Waals surface area contributed by atoms with Gasteiger partial charge in [-0.25, -0.2) is 8.42 Å². The Morgan fingerprint density at radius 1 is 0.861 bits per heavy atom. The number of nitrogens with zero attached hydrogens (tertiary/aromatic N) is 2. The SMILES string of the molecule is CNC(=O)[C@@H](Cc1ccccc1)N(Cc1ccccc1C)C(=O)CN(c1ccccc1C)S(C)(=O)=O. The molecule has 36 heavy (non-hydrogen) atoms. The van der Waals surface area contributed by atoms with Crippen LogP contribution < -0.4 is 9.62 Å². The molecule has 0 aliphatic carbocycles. The van der Waals surface area contributed by atoms with Gasteiger partial charge in [-0.15, -0.1) is 0 Å². The average molecular weight is 508 g/mol. The maximum Gasteiger partial charge on any atom is 0.244 e. The lowest BCUT2D eigenvalue weighted by Gasteiger charge is -2.33. The second kappa shape index (κ2) is 11.9. The third kappa shape index (κ3) is 6.73. The van der Waals surface area contributed by atoms with Gasteiger partial charge in [-0.2, -0.15) is 0 Å². The summed E-state index contributed by atoms with van der Waals surface area (Å²) in [5.41, 5.74) is 3.92. The van der Waals surface area contributed by atoms with E-state index in [9.17, 15) is 18.0 Å². The summed E-state index contributed by atoms with van der Waals surface area (Å²) in [6, 6.07) is 23.3. The number of carbonyl (C=O) groups excluding carboxylic acids is 2. The van der Waals surface area contributed by atoms with Gasteiger partial charge in [-0.05, 0) is 42.2 Å². The number of sulfonamides is 1. The number of aryl methyl sites for hydroxylation is 2. The predicted molar refractivity (Wildman–Crippen MR) is 143 cm³/mol. The highest BCUT2D eigenvalue weighted by Gasteiger charge is 2.33. The van der Waals surface area contributed by atoms with Gasteiger partial charge in [0.05, 0.1) is 11.9 Å². The van der Waals surface area contributed by atoms with Crippen LogP contribution in [-0.2, 0) is 32.6 Å². The summed E-state index contributed by atoms with van der Waals surface area (Å²) in [4.78, 5) is 28.5. The summed E-state index contributed by atoms with van der Waals surface area (Å²) in [5.74, 6) is -0.779. The van der Waals surface area contributed by atoms with Crippen molar-refractivity contribution in [3.05, 3.63) is 101 Å². The Balaban J connectivity index is 2.05. The highest BCUT2D eigenvalue weighted by Crippen LogP contribution is 2.23. The van der Waals surface area contributed by atoms with Crippen LogP contribution in [0.2, 0.25) is 0 Å². The van der Waals surface area contributed by atoms with Crippen LogP contribution in [0.25, 0.3) is 0 Å². The van der Waals surface area contributed by atoms with Crippen molar-refractivity contribution in [1.82, 2.24) is 10.2 Å². The number of nitrogens with one attached hydrogen (secondary N) is 1. The number of carbonyl (C=O) groups is 2. The first-order chi connectivity index (χ1) is 17.1. The first-order valence-corrected chi connectivity index (χ1v) is 13.6. The Bertz CT molecular complexity index is 1310. The molecule has 0 bridgehead atoms. The molecule has 0 saturated carbocycles. The molecule has 8 heteroatoms. The molecule has 7 nitrogen and oxygen atoms in total. The lowest BCUT2D eigenvalue weighted by Crippen LogP contribution is -2.53. The van der Waals surface area contributed by atoms with Crippen LogP contribution in [0, 0.1) is 13.8 Å². The molecule has 1 N–H and O–H groups in total. The molecule has 0 fully saturated rings. The van der Waals surface area contributed by atoms with Gasteiger partial charge in [0, 0.05) is 20.0 Å².